The van der Waals surface area contributed by atoms with Crippen LogP contribution in [0.25, 0.3) is 0 Å². The Balaban J connectivity index is 2.01. The Morgan fingerprint density at radius 2 is 1.89 bits per heavy atom. The van der Waals surface area contributed by atoms with E-state index in [4.69, 9.17) is 17.3 Å². The van der Waals surface area contributed by atoms with Gasteiger partial charge in [-0.05, 0) is 30.3 Å². The number of benzene rings is 1. The molecule has 0 spiro atoms. The molecule has 18 heavy (non-hydrogen) atoms. The van der Waals surface area contributed by atoms with Crippen molar-refractivity contribution < 1.29 is 4.79 Å². The van der Waals surface area contributed by atoms with Gasteiger partial charge in [-0.25, -0.2) is 4.79 Å². The number of nitrogens with one attached hydrogen (secondary N) is 2. The Hall–Kier alpha value is -2.27. The molecular weight excluding hydrogens is 252 g/mol. The number of anilines is 3. The fraction of sp³-hybridized carbons (Fsp3) is 0. The molecule has 2 rings (SSSR count). The van der Waals surface area contributed by atoms with Gasteiger partial charge in [0, 0.05) is 16.9 Å². The maximum Gasteiger partial charge on any atom is 0.323 e. The normalized spacial score (nSPS) is 9.83. The highest BCUT2D eigenvalue weighted by Crippen LogP contribution is 2.17. The molecule has 0 unspecified atom stereocenters. The highest BCUT2D eigenvalue weighted by molar-refractivity contribution is 6.30. The summed E-state index contributed by atoms with van der Waals surface area (Å²) in [5.74, 6) is 0. The second-order valence-electron chi connectivity index (χ2n) is 3.55. The SMILES string of the molecule is Nc1cnccc1NC(=O)Nc1ccc(Cl)cc1. The van der Waals surface area contributed by atoms with Crippen molar-refractivity contribution in [2.45, 2.75) is 0 Å². The number of amides is 2. The third-order valence-corrected chi connectivity index (χ3v) is 2.45. The van der Waals surface area contributed by atoms with E-state index in [-0.39, 0.29) is 6.03 Å². The topological polar surface area (TPSA) is 80.0 Å². The number of nitrogens with two attached hydrogens (primary N) is 1. The van der Waals surface area contributed by atoms with Crippen molar-refractivity contribution in [3.8, 4) is 0 Å². The van der Waals surface area contributed by atoms with Crippen LogP contribution in [0.3, 0.4) is 0 Å². The number of rotatable bonds is 2. The number of nitrogens with zero attached hydrogens (tertiary/aromatic N) is 1. The van der Waals surface area contributed by atoms with E-state index in [1.165, 1.54) is 6.20 Å². The lowest BCUT2D eigenvalue weighted by Crippen LogP contribution is -2.20. The lowest BCUT2D eigenvalue weighted by atomic mass is 10.3. The van der Waals surface area contributed by atoms with E-state index in [0.717, 1.165) is 0 Å². The van der Waals surface area contributed by atoms with Crippen LogP contribution in [0.15, 0.2) is 42.7 Å². The molecule has 92 valence electrons. The third kappa shape index (κ3) is 3.11. The lowest BCUT2D eigenvalue weighted by Gasteiger charge is -2.09. The van der Waals surface area contributed by atoms with Gasteiger partial charge in [0.25, 0.3) is 0 Å². The average Bonchev–Trinajstić information content (AvgIpc) is 2.35. The van der Waals surface area contributed by atoms with Crippen LogP contribution in [0.1, 0.15) is 0 Å². The Morgan fingerprint density at radius 1 is 1.17 bits per heavy atom. The van der Waals surface area contributed by atoms with Gasteiger partial charge in [-0.2, -0.15) is 0 Å². The number of aromatic nitrogens is 1. The van der Waals surface area contributed by atoms with Gasteiger partial charge in [-0.1, -0.05) is 11.6 Å². The first-order valence-electron chi connectivity index (χ1n) is 5.18. The van der Waals surface area contributed by atoms with E-state index in [1.807, 2.05) is 0 Å². The average molecular weight is 263 g/mol. The fourth-order valence-electron chi connectivity index (χ4n) is 1.34. The standard InChI is InChI=1S/C12H11ClN4O/c13-8-1-3-9(4-2-8)16-12(18)17-11-5-6-15-7-10(11)14/h1-7H,14H2,(H2,15,16,17,18). The van der Waals surface area contributed by atoms with Crippen molar-refractivity contribution in [1.82, 2.24) is 4.98 Å². The zero-order chi connectivity index (χ0) is 13.0. The van der Waals surface area contributed by atoms with E-state index in [9.17, 15) is 4.79 Å². The molecule has 2 amide bonds. The maximum absolute atomic E-state index is 11.7. The van der Waals surface area contributed by atoms with Crippen LogP contribution in [-0.4, -0.2) is 11.0 Å². The largest absolute Gasteiger partial charge is 0.396 e. The molecule has 1 aromatic carbocycles. The smallest absolute Gasteiger partial charge is 0.323 e. The Kier molecular flexibility index (Phi) is 3.64. The molecule has 0 fully saturated rings. The number of hydrogen-bond acceptors (Lipinski definition) is 3. The first kappa shape index (κ1) is 12.2. The predicted octanol–water partition coefficient (Wildman–Crippen LogP) is 2.96. The van der Waals surface area contributed by atoms with Crippen LogP contribution in [0.2, 0.25) is 5.02 Å². The van der Waals surface area contributed by atoms with Gasteiger partial charge >= 0.3 is 6.03 Å². The quantitative estimate of drug-likeness (QED) is 0.778. The molecular formula is C12H11ClN4O. The number of nitrogen functional groups attached to an aromatic ring is 1. The second-order valence-corrected chi connectivity index (χ2v) is 3.99. The molecule has 0 aliphatic carbocycles. The van der Waals surface area contributed by atoms with Crippen LogP contribution < -0.4 is 16.4 Å². The van der Waals surface area contributed by atoms with Gasteiger partial charge in [0.1, 0.15) is 0 Å². The first-order valence-corrected chi connectivity index (χ1v) is 5.56. The molecule has 0 radical (unpaired) electrons. The van der Waals surface area contributed by atoms with E-state index < -0.39 is 0 Å². The van der Waals surface area contributed by atoms with Crippen molar-refractivity contribution in [2.75, 3.05) is 16.4 Å². The van der Waals surface area contributed by atoms with E-state index >= 15 is 0 Å². The molecule has 0 atom stereocenters. The summed E-state index contributed by atoms with van der Waals surface area (Å²) in [5.41, 5.74) is 7.22. The molecule has 6 heteroatoms. The monoisotopic (exact) mass is 262 g/mol. The second kappa shape index (κ2) is 5.37. The number of carbonyl (C=O) groups is 1. The van der Waals surface area contributed by atoms with Gasteiger partial charge in [0.15, 0.2) is 0 Å². The van der Waals surface area contributed by atoms with E-state index in [1.54, 1.807) is 36.5 Å². The highest BCUT2D eigenvalue weighted by atomic mass is 35.5. The van der Waals surface area contributed by atoms with Crippen LogP contribution >= 0.6 is 11.6 Å². The van der Waals surface area contributed by atoms with Gasteiger partial charge in [0.05, 0.1) is 17.6 Å². The molecule has 0 aliphatic heterocycles. The third-order valence-electron chi connectivity index (χ3n) is 2.20. The molecule has 5 nitrogen and oxygen atoms in total. The van der Waals surface area contributed by atoms with E-state index in [0.29, 0.717) is 22.1 Å². The van der Waals surface area contributed by atoms with Gasteiger partial charge in [-0.3, -0.25) is 4.98 Å². The lowest BCUT2D eigenvalue weighted by molar-refractivity contribution is 0.262. The summed E-state index contributed by atoms with van der Waals surface area (Å²) >= 11 is 5.75. The zero-order valence-electron chi connectivity index (χ0n) is 9.35. The Labute approximate surface area is 109 Å². The highest BCUT2D eigenvalue weighted by Gasteiger charge is 2.04. The molecule has 4 N–H and O–H groups in total. The summed E-state index contributed by atoms with van der Waals surface area (Å²) in [6, 6.07) is 8.04. The van der Waals surface area contributed by atoms with Crippen molar-refractivity contribution in [1.29, 1.82) is 0 Å². The number of carbonyl (C=O) groups excluding carboxylic acids is 1. The minimum Gasteiger partial charge on any atom is -0.396 e. The van der Waals surface area contributed by atoms with Gasteiger partial charge in [0.2, 0.25) is 0 Å². The number of pyridine rings is 1. The van der Waals surface area contributed by atoms with Crippen molar-refractivity contribution in [3.05, 3.63) is 47.7 Å². The molecule has 0 saturated carbocycles. The number of hydrogen-bond donors (Lipinski definition) is 3. The van der Waals surface area contributed by atoms with Crippen LogP contribution in [0.4, 0.5) is 21.9 Å². The number of halogens is 1. The van der Waals surface area contributed by atoms with Crippen LogP contribution in [-0.2, 0) is 0 Å². The summed E-state index contributed by atoms with van der Waals surface area (Å²) < 4.78 is 0. The first-order chi connectivity index (χ1) is 8.65. The fourth-order valence-corrected chi connectivity index (χ4v) is 1.46. The minimum absolute atomic E-state index is 0.379. The summed E-state index contributed by atoms with van der Waals surface area (Å²) in [6.45, 7) is 0. The summed E-state index contributed by atoms with van der Waals surface area (Å²) in [5, 5.41) is 5.90. The minimum atomic E-state index is -0.379. The maximum atomic E-state index is 11.7. The Morgan fingerprint density at radius 3 is 2.56 bits per heavy atom. The van der Waals surface area contributed by atoms with Crippen LogP contribution in [0, 0.1) is 0 Å². The molecule has 2 aromatic rings. The van der Waals surface area contributed by atoms with Crippen molar-refractivity contribution in [2.24, 2.45) is 0 Å². The summed E-state index contributed by atoms with van der Waals surface area (Å²) in [4.78, 5) is 15.5. The Bertz CT molecular complexity index is 556. The molecule has 0 aliphatic rings. The van der Waals surface area contributed by atoms with Crippen molar-refractivity contribution in [3.63, 3.8) is 0 Å². The number of urea groups is 1. The molecule has 0 bridgehead atoms. The van der Waals surface area contributed by atoms with E-state index in [2.05, 4.69) is 15.6 Å². The zero-order valence-corrected chi connectivity index (χ0v) is 10.1. The predicted molar refractivity (Wildman–Crippen MR) is 72.7 cm³/mol. The molecule has 0 saturated heterocycles. The van der Waals surface area contributed by atoms with Crippen LogP contribution in [0.5, 0.6) is 0 Å². The summed E-state index contributed by atoms with van der Waals surface area (Å²) in [7, 11) is 0. The van der Waals surface area contributed by atoms with Gasteiger partial charge < -0.3 is 16.4 Å². The molecule has 1 heterocycles. The van der Waals surface area contributed by atoms with Crippen molar-refractivity contribution >= 4 is 34.7 Å². The van der Waals surface area contributed by atoms with Gasteiger partial charge in [-0.15, -0.1) is 0 Å². The molecule has 1 aromatic heterocycles. The summed E-state index contributed by atoms with van der Waals surface area (Å²) in [6.07, 6.45) is 3.02.